The fraction of sp³-hybridized carbons (Fsp3) is 0.333. The Bertz CT molecular complexity index is 1140. The van der Waals surface area contributed by atoms with Crippen molar-refractivity contribution in [1.82, 2.24) is 29.5 Å². The van der Waals surface area contributed by atoms with E-state index < -0.39 is 0 Å². The van der Waals surface area contributed by atoms with Gasteiger partial charge in [0.2, 0.25) is 5.91 Å². The summed E-state index contributed by atoms with van der Waals surface area (Å²) in [5.41, 5.74) is 1.27. The number of fused-ring (bicyclic) bond motifs is 3. The predicted octanol–water partition coefficient (Wildman–Crippen LogP) is 1.75. The number of thiophene rings is 1. The van der Waals surface area contributed by atoms with Crippen LogP contribution in [-0.2, 0) is 24.2 Å². The number of nitrogens with zero attached hydrogens (tertiary/aromatic N) is 4. The van der Waals surface area contributed by atoms with Crippen LogP contribution in [0.2, 0.25) is 0 Å². The quantitative estimate of drug-likeness (QED) is 0.507. The Kier molecular flexibility index (Phi) is 4.76. The van der Waals surface area contributed by atoms with Gasteiger partial charge in [0.05, 0.1) is 6.33 Å². The summed E-state index contributed by atoms with van der Waals surface area (Å²) >= 11 is 1.59. The Morgan fingerprint density at radius 1 is 1.37 bits per heavy atom. The number of aromatic amines is 1. The molecule has 0 atom stereocenters. The zero-order valence-electron chi connectivity index (χ0n) is 14.9. The number of H-pyrrole nitrogens is 1. The average molecular weight is 384 g/mol. The minimum atomic E-state index is -0.248. The van der Waals surface area contributed by atoms with Crippen LogP contribution in [0.25, 0.3) is 15.7 Å². The summed E-state index contributed by atoms with van der Waals surface area (Å²) in [6.45, 7) is 2.45. The molecule has 27 heavy (non-hydrogen) atoms. The Hall–Kier alpha value is -2.94. The van der Waals surface area contributed by atoms with Crippen molar-refractivity contribution in [3.63, 3.8) is 0 Å². The predicted molar refractivity (Wildman–Crippen MR) is 104 cm³/mol. The van der Waals surface area contributed by atoms with Crippen molar-refractivity contribution in [3.05, 3.63) is 51.9 Å². The molecule has 0 spiro atoms. The molecule has 1 amide bonds. The van der Waals surface area contributed by atoms with Crippen molar-refractivity contribution >= 4 is 33.0 Å². The molecule has 0 saturated carbocycles. The van der Waals surface area contributed by atoms with Gasteiger partial charge in [0.25, 0.3) is 5.56 Å². The van der Waals surface area contributed by atoms with Gasteiger partial charge in [-0.25, -0.2) is 9.67 Å². The second-order valence-electron chi connectivity index (χ2n) is 6.35. The van der Waals surface area contributed by atoms with Crippen LogP contribution in [0.1, 0.15) is 24.9 Å². The molecule has 4 heterocycles. The van der Waals surface area contributed by atoms with Crippen LogP contribution in [0.4, 0.5) is 0 Å². The molecule has 4 aromatic heterocycles. The van der Waals surface area contributed by atoms with Crippen LogP contribution < -0.4 is 10.9 Å². The highest BCUT2D eigenvalue weighted by Gasteiger charge is 2.16. The van der Waals surface area contributed by atoms with E-state index in [0.717, 1.165) is 34.6 Å². The van der Waals surface area contributed by atoms with Gasteiger partial charge in [0, 0.05) is 36.7 Å². The summed E-state index contributed by atoms with van der Waals surface area (Å²) in [6.07, 6.45) is 5.62. The van der Waals surface area contributed by atoms with E-state index in [2.05, 4.69) is 27.3 Å². The molecule has 0 aliphatic heterocycles. The van der Waals surface area contributed by atoms with E-state index in [-0.39, 0.29) is 18.0 Å². The number of rotatable bonds is 7. The number of amides is 1. The number of aromatic nitrogens is 5. The first-order chi connectivity index (χ1) is 13.2. The number of aryl methyl sites for hydroxylation is 1. The van der Waals surface area contributed by atoms with E-state index in [1.54, 1.807) is 23.9 Å². The Labute approximate surface area is 158 Å². The van der Waals surface area contributed by atoms with Gasteiger partial charge in [-0.1, -0.05) is 6.92 Å². The molecule has 2 N–H and O–H groups in total. The first-order valence-corrected chi connectivity index (χ1v) is 9.78. The van der Waals surface area contributed by atoms with Crippen LogP contribution in [0.15, 0.2) is 34.8 Å². The molecule has 0 bridgehead atoms. The lowest BCUT2D eigenvalue weighted by Crippen LogP contribution is -2.36. The standard InChI is InChI=1S/C18H20N6O2S/c1-2-3-15-22-23(10-16(25)20-6-4-13-9-19-11-21-13)17(26)14-8-12-5-7-27-18(12)24(14)15/h5,7-9,11H,2-4,6,10H2,1H3,(H,19,21)(H,20,25). The van der Waals surface area contributed by atoms with E-state index in [1.807, 2.05) is 21.9 Å². The van der Waals surface area contributed by atoms with Gasteiger partial charge < -0.3 is 10.3 Å². The van der Waals surface area contributed by atoms with Gasteiger partial charge in [-0.2, -0.15) is 5.10 Å². The third kappa shape index (κ3) is 3.37. The average Bonchev–Trinajstić information content (AvgIpc) is 3.36. The fourth-order valence-electron chi connectivity index (χ4n) is 3.14. The van der Waals surface area contributed by atoms with Gasteiger partial charge in [0.15, 0.2) is 0 Å². The van der Waals surface area contributed by atoms with Gasteiger partial charge >= 0.3 is 0 Å². The van der Waals surface area contributed by atoms with Crippen molar-refractivity contribution in [1.29, 1.82) is 0 Å². The van der Waals surface area contributed by atoms with Crippen LogP contribution in [0.5, 0.6) is 0 Å². The van der Waals surface area contributed by atoms with Gasteiger partial charge in [0.1, 0.15) is 22.7 Å². The van der Waals surface area contributed by atoms with Crippen LogP contribution in [-0.4, -0.2) is 36.6 Å². The van der Waals surface area contributed by atoms with Crippen LogP contribution in [0, 0.1) is 0 Å². The van der Waals surface area contributed by atoms with E-state index >= 15 is 0 Å². The molecule has 0 aromatic carbocycles. The van der Waals surface area contributed by atoms with Crippen LogP contribution in [0.3, 0.4) is 0 Å². The number of carbonyl (C=O) groups excluding carboxylic acids is 1. The molecule has 0 unspecified atom stereocenters. The smallest absolute Gasteiger partial charge is 0.291 e. The van der Waals surface area contributed by atoms with Crippen molar-refractivity contribution < 1.29 is 4.79 Å². The monoisotopic (exact) mass is 384 g/mol. The second kappa shape index (κ2) is 7.36. The molecular formula is C18H20N6O2S. The molecule has 4 aromatic rings. The molecule has 9 heteroatoms. The number of hydrogen-bond donors (Lipinski definition) is 2. The minimum absolute atomic E-state index is 0.0894. The molecule has 0 saturated heterocycles. The normalized spacial score (nSPS) is 11.4. The molecule has 0 fully saturated rings. The molecule has 0 aliphatic rings. The van der Waals surface area contributed by atoms with Crippen LogP contribution >= 0.6 is 11.3 Å². The molecule has 140 valence electrons. The summed E-state index contributed by atoms with van der Waals surface area (Å²) in [5.74, 6) is 0.569. The molecule has 4 rings (SSSR count). The molecular weight excluding hydrogens is 364 g/mol. The highest BCUT2D eigenvalue weighted by atomic mass is 32.1. The lowest BCUT2D eigenvalue weighted by molar-refractivity contribution is -0.121. The Morgan fingerprint density at radius 2 is 2.26 bits per heavy atom. The topological polar surface area (TPSA) is 97.1 Å². The third-order valence-corrected chi connectivity index (χ3v) is 5.31. The maximum Gasteiger partial charge on any atom is 0.291 e. The molecule has 0 aliphatic carbocycles. The highest BCUT2D eigenvalue weighted by molar-refractivity contribution is 7.16. The largest absolute Gasteiger partial charge is 0.354 e. The second-order valence-corrected chi connectivity index (χ2v) is 7.25. The van der Waals surface area contributed by atoms with Crippen molar-refractivity contribution in [2.75, 3.05) is 6.54 Å². The molecule has 8 nitrogen and oxygen atoms in total. The summed E-state index contributed by atoms with van der Waals surface area (Å²) in [7, 11) is 0. The third-order valence-electron chi connectivity index (χ3n) is 4.40. The van der Waals surface area contributed by atoms with Gasteiger partial charge in [-0.05, 0) is 23.9 Å². The van der Waals surface area contributed by atoms with Gasteiger partial charge in [-0.3, -0.25) is 14.0 Å². The SMILES string of the molecule is CCCc1nn(CC(=O)NCCc2cnc[nH]2)c(=O)c2cc3ccsc3n12. The number of carbonyl (C=O) groups is 1. The maximum absolute atomic E-state index is 12.8. The lowest BCUT2D eigenvalue weighted by Gasteiger charge is -2.10. The highest BCUT2D eigenvalue weighted by Crippen LogP contribution is 2.24. The summed E-state index contributed by atoms with van der Waals surface area (Å²) in [5, 5.41) is 10.3. The first kappa shape index (κ1) is 17.5. The van der Waals surface area contributed by atoms with E-state index in [1.165, 1.54) is 4.68 Å². The van der Waals surface area contributed by atoms with Crippen molar-refractivity contribution in [2.24, 2.45) is 0 Å². The zero-order chi connectivity index (χ0) is 18.8. The number of hydrogen-bond acceptors (Lipinski definition) is 5. The van der Waals surface area contributed by atoms with E-state index in [9.17, 15) is 9.59 Å². The van der Waals surface area contributed by atoms with Crippen molar-refractivity contribution in [2.45, 2.75) is 32.7 Å². The van der Waals surface area contributed by atoms with Gasteiger partial charge in [-0.15, -0.1) is 11.3 Å². The van der Waals surface area contributed by atoms with E-state index in [4.69, 9.17) is 0 Å². The van der Waals surface area contributed by atoms with Crippen molar-refractivity contribution in [3.8, 4) is 0 Å². The van der Waals surface area contributed by atoms with E-state index in [0.29, 0.717) is 18.5 Å². The Balaban J connectivity index is 1.58. The Morgan fingerprint density at radius 3 is 3.04 bits per heavy atom. The summed E-state index contributed by atoms with van der Waals surface area (Å²) in [6, 6.07) is 3.87. The number of imidazole rings is 1. The fourth-order valence-corrected chi connectivity index (χ4v) is 4.06. The first-order valence-electron chi connectivity index (χ1n) is 8.90. The maximum atomic E-state index is 12.8. The lowest BCUT2D eigenvalue weighted by atomic mass is 10.3. The molecule has 0 radical (unpaired) electrons. The summed E-state index contributed by atoms with van der Waals surface area (Å²) < 4.78 is 3.20. The number of nitrogens with one attached hydrogen (secondary N) is 2. The summed E-state index contributed by atoms with van der Waals surface area (Å²) in [4.78, 5) is 33.1. The zero-order valence-corrected chi connectivity index (χ0v) is 15.8. The minimum Gasteiger partial charge on any atom is -0.354 e.